The van der Waals surface area contributed by atoms with Crippen molar-refractivity contribution in [2.45, 2.75) is 37.5 Å². The zero-order valence-corrected chi connectivity index (χ0v) is 13.6. The van der Waals surface area contributed by atoms with Crippen molar-refractivity contribution in [1.29, 1.82) is 0 Å². The van der Waals surface area contributed by atoms with Gasteiger partial charge in [-0.3, -0.25) is 9.59 Å². The molecular weight excluding hydrogens is 300 g/mol. The highest BCUT2D eigenvalue weighted by molar-refractivity contribution is 5.95. The highest BCUT2D eigenvalue weighted by atomic mass is 16.1. The number of hydrogen-bond acceptors (Lipinski definition) is 2. The number of carbonyl (C=O) groups excluding carboxylic acids is 2. The van der Waals surface area contributed by atoms with E-state index >= 15 is 0 Å². The number of amides is 2. The van der Waals surface area contributed by atoms with Crippen molar-refractivity contribution in [2.24, 2.45) is 11.5 Å². The molecule has 0 aromatic heterocycles. The quantitative estimate of drug-likeness (QED) is 0.904. The first kappa shape index (κ1) is 16.2. The highest BCUT2D eigenvalue weighted by Gasteiger charge is 2.27. The van der Waals surface area contributed by atoms with Gasteiger partial charge in [0.15, 0.2) is 0 Å². The molecule has 2 aromatic carbocycles. The lowest BCUT2D eigenvalue weighted by Gasteiger charge is -2.30. The van der Waals surface area contributed by atoms with Gasteiger partial charge >= 0.3 is 0 Å². The maximum absolute atomic E-state index is 11.6. The summed E-state index contributed by atoms with van der Waals surface area (Å²) in [5.41, 5.74) is 14.3. The van der Waals surface area contributed by atoms with E-state index in [1.54, 1.807) is 12.1 Å². The third kappa shape index (κ3) is 3.18. The average molecular weight is 322 g/mol. The highest BCUT2D eigenvalue weighted by Crippen LogP contribution is 2.42. The van der Waals surface area contributed by atoms with Gasteiger partial charge in [-0.15, -0.1) is 0 Å². The van der Waals surface area contributed by atoms with Crippen LogP contribution in [0.5, 0.6) is 0 Å². The summed E-state index contributed by atoms with van der Waals surface area (Å²) in [7, 11) is 0. The molecule has 0 bridgehead atoms. The van der Waals surface area contributed by atoms with E-state index in [2.05, 4.69) is 0 Å². The van der Waals surface area contributed by atoms with E-state index in [-0.39, 0.29) is 11.8 Å². The van der Waals surface area contributed by atoms with Gasteiger partial charge in [0.1, 0.15) is 0 Å². The van der Waals surface area contributed by atoms with Crippen LogP contribution in [-0.2, 0) is 0 Å². The van der Waals surface area contributed by atoms with Gasteiger partial charge in [-0.2, -0.15) is 0 Å². The van der Waals surface area contributed by atoms with Crippen molar-refractivity contribution in [3.63, 3.8) is 0 Å². The van der Waals surface area contributed by atoms with E-state index in [1.807, 2.05) is 36.4 Å². The number of hydrogen-bond donors (Lipinski definition) is 2. The summed E-state index contributed by atoms with van der Waals surface area (Å²) >= 11 is 0. The monoisotopic (exact) mass is 322 g/mol. The van der Waals surface area contributed by atoms with Gasteiger partial charge in [0, 0.05) is 11.1 Å². The van der Waals surface area contributed by atoms with Crippen LogP contribution in [0.2, 0.25) is 0 Å². The second-order valence-corrected chi connectivity index (χ2v) is 6.45. The number of carbonyl (C=O) groups is 2. The third-order valence-electron chi connectivity index (χ3n) is 5.06. The SMILES string of the molecule is NC(=O)c1ccccc1C1CCC(c2ccccc2C(N)=O)CC1. The van der Waals surface area contributed by atoms with Crippen LogP contribution < -0.4 is 11.5 Å². The summed E-state index contributed by atoms with van der Waals surface area (Å²) in [6, 6.07) is 15.2. The topological polar surface area (TPSA) is 86.2 Å². The van der Waals surface area contributed by atoms with E-state index in [9.17, 15) is 9.59 Å². The van der Waals surface area contributed by atoms with Gasteiger partial charge in [-0.1, -0.05) is 36.4 Å². The Kier molecular flexibility index (Phi) is 4.65. The lowest BCUT2D eigenvalue weighted by Crippen LogP contribution is -2.20. The Morgan fingerprint density at radius 2 is 1.00 bits per heavy atom. The number of rotatable bonds is 4. The first-order chi connectivity index (χ1) is 11.6. The maximum atomic E-state index is 11.6. The van der Waals surface area contributed by atoms with Crippen LogP contribution in [0.15, 0.2) is 48.5 Å². The van der Waals surface area contributed by atoms with E-state index in [0.717, 1.165) is 36.8 Å². The molecule has 0 unspecified atom stereocenters. The Hall–Kier alpha value is -2.62. The number of primary amides is 2. The molecule has 0 atom stereocenters. The van der Waals surface area contributed by atoms with Crippen LogP contribution in [0.4, 0.5) is 0 Å². The van der Waals surface area contributed by atoms with E-state index in [0.29, 0.717) is 23.0 Å². The molecule has 2 aromatic rings. The molecule has 0 aliphatic heterocycles. The Morgan fingerprint density at radius 1 is 0.667 bits per heavy atom. The first-order valence-corrected chi connectivity index (χ1v) is 8.35. The fraction of sp³-hybridized carbons (Fsp3) is 0.300. The molecule has 1 fully saturated rings. The second-order valence-electron chi connectivity index (χ2n) is 6.45. The Bertz CT molecular complexity index is 696. The van der Waals surface area contributed by atoms with Gasteiger partial charge < -0.3 is 11.5 Å². The Balaban J connectivity index is 1.78. The van der Waals surface area contributed by atoms with Gasteiger partial charge in [0.2, 0.25) is 11.8 Å². The number of benzene rings is 2. The van der Waals surface area contributed by atoms with Crippen LogP contribution in [0.3, 0.4) is 0 Å². The van der Waals surface area contributed by atoms with Gasteiger partial charge in [-0.05, 0) is 60.8 Å². The summed E-state index contributed by atoms with van der Waals surface area (Å²) in [4.78, 5) is 23.3. The number of nitrogens with two attached hydrogens (primary N) is 2. The lowest BCUT2D eigenvalue weighted by molar-refractivity contribution is 0.0989. The summed E-state index contributed by atoms with van der Waals surface area (Å²) in [5, 5.41) is 0. The van der Waals surface area contributed by atoms with Crippen molar-refractivity contribution in [3.8, 4) is 0 Å². The summed E-state index contributed by atoms with van der Waals surface area (Å²) < 4.78 is 0. The van der Waals surface area contributed by atoms with Crippen molar-refractivity contribution in [3.05, 3.63) is 70.8 Å². The molecule has 2 amide bonds. The molecular formula is C20H22N2O2. The van der Waals surface area contributed by atoms with Gasteiger partial charge in [0.05, 0.1) is 0 Å². The second kappa shape index (κ2) is 6.87. The van der Waals surface area contributed by atoms with E-state index < -0.39 is 0 Å². The molecule has 1 aliphatic carbocycles. The molecule has 4 heteroatoms. The minimum Gasteiger partial charge on any atom is -0.366 e. The molecule has 0 heterocycles. The third-order valence-corrected chi connectivity index (χ3v) is 5.06. The van der Waals surface area contributed by atoms with Crippen LogP contribution in [0, 0.1) is 0 Å². The van der Waals surface area contributed by atoms with Crippen LogP contribution >= 0.6 is 0 Å². The molecule has 0 saturated heterocycles. The minimum absolute atomic E-state index is 0.339. The van der Waals surface area contributed by atoms with Crippen molar-refractivity contribution in [2.75, 3.05) is 0 Å². The predicted molar refractivity (Wildman–Crippen MR) is 93.9 cm³/mol. The lowest BCUT2D eigenvalue weighted by atomic mass is 9.74. The Morgan fingerprint density at radius 3 is 1.33 bits per heavy atom. The van der Waals surface area contributed by atoms with E-state index in [4.69, 9.17) is 11.5 Å². The summed E-state index contributed by atoms with van der Waals surface area (Å²) in [6.07, 6.45) is 3.90. The maximum Gasteiger partial charge on any atom is 0.248 e. The normalized spacial score (nSPS) is 20.5. The Labute approximate surface area is 141 Å². The molecule has 124 valence electrons. The zero-order valence-electron chi connectivity index (χ0n) is 13.6. The van der Waals surface area contributed by atoms with E-state index in [1.165, 1.54) is 0 Å². The summed E-state index contributed by atoms with van der Waals surface area (Å²) in [5.74, 6) is -0.0602. The molecule has 1 aliphatic rings. The van der Waals surface area contributed by atoms with Crippen molar-refractivity contribution < 1.29 is 9.59 Å². The smallest absolute Gasteiger partial charge is 0.248 e. The molecule has 0 spiro atoms. The first-order valence-electron chi connectivity index (χ1n) is 8.35. The zero-order chi connectivity index (χ0) is 17.1. The summed E-state index contributed by atoms with van der Waals surface area (Å²) in [6.45, 7) is 0. The molecule has 0 radical (unpaired) electrons. The largest absolute Gasteiger partial charge is 0.366 e. The standard InChI is InChI=1S/C20H22N2O2/c21-19(23)17-7-3-1-5-15(17)13-9-11-14(12-10-13)16-6-2-4-8-18(16)20(22)24/h1-8,13-14H,9-12H2,(H2,21,23)(H2,22,24). The average Bonchev–Trinajstić information content (AvgIpc) is 2.62. The van der Waals surface area contributed by atoms with Crippen molar-refractivity contribution >= 4 is 11.8 Å². The van der Waals surface area contributed by atoms with Crippen LogP contribution in [0.1, 0.15) is 69.4 Å². The van der Waals surface area contributed by atoms with Crippen LogP contribution in [-0.4, -0.2) is 11.8 Å². The predicted octanol–water partition coefficient (Wildman–Crippen LogP) is 3.33. The fourth-order valence-corrected chi connectivity index (χ4v) is 3.87. The molecule has 4 nitrogen and oxygen atoms in total. The molecule has 3 rings (SSSR count). The molecule has 24 heavy (non-hydrogen) atoms. The van der Waals surface area contributed by atoms with Gasteiger partial charge in [-0.25, -0.2) is 0 Å². The van der Waals surface area contributed by atoms with Gasteiger partial charge in [0.25, 0.3) is 0 Å². The molecule has 4 N–H and O–H groups in total. The fourth-order valence-electron chi connectivity index (χ4n) is 3.87. The minimum atomic E-state index is -0.369. The van der Waals surface area contributed by atoms with Crippen LogP contribution in [0.25, 0.3) is 0 Å². The molecule has 1 saturated carbocycles. The van der Waals surface area contributed by atoms with Crippen molar-refractivity contribution in [1.82, 2.24) is 0 Å².